The monoisotopic (exact) mass is 282 g/mol. The van der Waals surface area contributed by atoms with Crippen molar-refractivity contribution < 1.29 is 14.3 Å². The molecule has 1 N–H and O–H groups in total. The number of rotatable bonds is 2. The maximum atomic E-state index is 12.4. The van der Waals surface area contributed by atoms with Gasteiger partial charge in [-0.3, -0.25) is 9.59 Å². The molecule has 1 aliphatic heterocycles. The highest BCUT2D eigenvalue weighted by Crippen LogP contribution is 2.24. The molecule has 2 rings (SSSR count). The Morgan fingerprint density at radius 2 is 1.95 bits per heavy atom. The van der Waals surface area contributed by atoms with E-state index in [2.05, 4.69) is 5.32 Å². The number of anilines is 1. The smallest absolute Gasteiger partial charge is 0.264 e. The fourth-order valence-electron chi connectivity index (χ4n) is 2.19. The maximum Gasteiger partial charge on any atom is 0.264 e. The standard InChI is InChI=1S/C13H18N2O3S/c1-8-6-15(7-9(2)18-8)13(17)11-4-5-12(19-11)14-10(3)16/h4-5,8-9H,6-7H2,1-3H3,(H,14,16)/t8-,9-/m0/s1. The van der Waals surface area contributed by atoms with E-state index in [9.17, 15) is 9.59 Å². The summed E-state index contributed by atoms with van der Waals surface area (Å²) in [6.07, 6.45) is 0.116. The lowest BCUT2D eigenvalue weighted by Gasteiger charge is -2.35. The molecule has 0 bridgehead atoms. The molecule has 1 aromatic rings. The van der Waals surface area contributed by atoms with Crippen molar-refractivity contribution in [1.29, 1.82) is 0 Å². The molecular formula is C13H18N2O3S. The van der Waals surface area contributed by atoms with Gasteiger partial charge in [0.2, 0.25) is 5.91 Å². The minimum Gasteiger partial charge on any atom is -0.372 e. The molecule has 2 amide bonds. The number of carbonyl (C=O) groups is 2. The second-order valence-corrected chi connectivity index (χ2v) is 5.90. The minimum atomic E-state index is -0.130. The van der Waals surface area contributed by atoms with E-state index < -0.39 is 0 Å². The van der Waals surface area contributed by atoms with E-state index in [1.54, 1.807) is 12.1 Å². The Morgan fingerprint density at radius 1 is 1.32 bits per heavy atom. The molecule has 6 heteroatoms. The van der Waals surface area contributed by atoms with Crippen molar-refractivity contribution in [2.75, 3.05) is 18.4 Å². The molecule has 0 spiro atoms. The fraction of sp³-hybridized carbons (Fsp3) is 0.538. The topological polar surface area (TPSA) is 58.6 Å². The van der Waals surface area contributed by atoms with Gasteiger partial charge in [-0.1, -0.05) is 0 Å². The summed E-state index contributed by atoms with van der Waals surface area (Å²) in [6, 6.07) is 3.51. The third kappa shape index (κ3) is 3.54. The summed E-state index contributed by atoms with van der Waals surface area (Å²) in [6.45, 7) is 6.60. The van der Waals surface area contributed by atoms with Gasteiger partial charge in [0.15, 0.2) is 0 Å². The van der Waals surface area contributed by atoms with E-state index in [1.165, 1.54) is 18.3 Å². The zero-order chi connectivity index (χ0) is 14.0. The van der Waals surface area contributed by atoms with Crippen LogP contribution in [0.1, 0.15) is 30.4 Å². The van der Waals surface area contributed by atoms with E-state index >= 15 is 0 Å². The van der Waals surface area contributed by atoms with Crippen LogP contribution in [0.3, 0.4) is 0 Å². The number of hydrogen-bond acceptors (Lipinski definition) is 4. The SMILES string of the molecule is CC(=O)Nc1ccc(C(=O)N2C[C@H](C)O[C@@H](C)C2)s1. The summed E-state index contributed by atoms with van der Waals surface area (Å²) in [4.78, 5) is 25.8. The molecule has 0 aromatic carbocycles. The number of morpholine rings is 1. The van der Waals surface area contributed by atoms with Crippen molar-refractivity contribution in [3.63, 3.8) is 0 Å². The molecule has 2 atom stereocenters. The molecular weight excluding hydrogens is 264 g/mol. The van der Waals surface area contributed by atoms with Gasteiger partial charge in [-0.25, -0.2) is 0 Å². The van der Waals surface area contributed by atoms with Crippen LogP contribution in [0.15, 0.2) is 12.1 Å². The molecule has 104 valence electrons. The lowest BCUT2D eigenvalue weighted by atomic mass is 10.2. The van der Waals surface area contributed by atoms with Crippen LogP contribution in [-0.2, 0) is 9.53 Å². The van der Waals surface area contributed by atoms with Gasteiger partial charge >= 0.3 is 0 Å². The first-order chi connectivity index (χ1) is 8.95. The summed E-state index contributed by atoms with van der Waals surface area (Å²) in [5.74, 6) is -0.127. The van der Waals surface area contributed by atoms with Gasteiger partial charge in [0.05, 0.1) is 22.1 Å². The van der Waals surface area contributed by atoms with Crippen LogP contribution in [0.2, 0.25) is 0 Å². The van der Waals surface area contributed by atoms with E-state index in [0.717, 1.165) is 0 Å². The molecule has 19 heavy (non-hydrogen) atoms. The number of amides is 2. The first kappa shape index (κ1) is 14.0. The number of thiophene rings is 1. The van der Waals surface area contributed by atoms with Crippen molar-refractivity contribution in [3.05, 3.63) is 17.0 Å². The Labute approximate surface area is 116 Å². The normalized spacial score (nSPS) is 23.2. The summed E-state index contributed by atoms with van der Waals surface area (Å²) in [5, 5.41) is 3.38. The Bertz CT molecular complexity index is 476. The average molecular weight is 282 g/mol. The molecule has 0 unspecified atom stereocenters. The van der Waals surface area contributed by atoms with Gasteiger partial charge in [0, 0.05) is 20.0 Å². The third-order valence-electron chi connectivity index (χ3n) is 2.82. The van der Waals surface area contributed by atoms with Crippen LogP contribution in [-0.4, -0.2) is 42.0 Å². The van der Waals surface area contributed by atoms with Crippen molar-refractivity contribution in [3.8, 4) is 0 Å². The van der Waals surface area contributed by atoms with Gasteiger partial charge in [0.25, 0.3) is 5.91 Å². The maximum absolute atomic E-state index is 12.4. The number of nitrogens with one attached hydrogen (secondary N) is 1. The highest BCUT2D eigenvalue weighted by atomic mass is 32.1. The number of nitrogens with zero attached hydrogens (tertiary/aromatic N) is 1. The molecule has 0 aliphatic carbocycles. The zero-order valence-corrected chi connectivity index (χ0v) is 12.1. The second kappa shape index (κ2) is 5.71. The van der Waals surface area contributed by atoms with E-state index in [4.69, 9.17) is 4.74 Å². The molecule has 1 aromatic heterocycles. The predicted octanol–water partition coefficient (Wildman–Crippen LogP) is 1.96. The van der Waals surface area contributed by atoms with Crippen molar-refractivity contribution >= 4 is 28.2 Å². The van der Waals surface area contributed by atoms with Gasteiger partial charge in [-0.05, 0) is 26.0 Å². The van der Waals surface area contributed by atoms with E-state index in [0.29, 0.717) is 23.0 Å². The van der Waals surface area contributed by atoms with Crippen LogP contribution in [0, 0.1) is 0 Å². The van der Waals surface area contributed by atoms with Crippen LogP contribution in [0.4, 0.5) is 5.00 Å². The lowest BCUT2D eigenvalue weighted by molar-refractivity contribution is -0.114. The largest absolute Gasteiger partial charge is 0.372 e. The highest BCUT2D eigenvalue weighted by molar-refractivity contribution is 7.18. The summed E-state index contributed by atoms with van der Waals surface area (Å²) < 4.78 is 5.61. The molecule has 2 heterocycles. The van der Waals surface area contributed by atoms with Gasteiger partial charge in [-0.2, -0.15) is 0 Å². The fourth-order valence-corrected chi connectivity index (χ4v) is 3.11. The molecule has 0 radical (unpaired) electrons. The quantitative estimate of drug-likeness (QED) is 0.902. The molecule has 1 saturated heterocycles. The third-order valence-corrected chi connectivity index (χ3v) is 3.81. The molecule has 0 saturated carbocycles. The number of hydrogen-bond donors (Lipinski definition) is 1. The number of ether oxygens (including phenoxy) is 1. The molecule has 1 fully saturated rings. The Hall–Kier alpha value is -1.40. The van der Waals surface area contributed by atoms with Crippen molar-refractivity contribution in [1.82, 2.24) is 4.90 Å². The average Bonchev–Trinajstić information content (AvgIpc) is 2.74. The van der Waals surface area contributed by atoms with Gasteiger partial charge in [0.1, 0.15) is 0 Å². The summed E-state index contributed by atoms with van der Waals surface area (Å²) in [7, 11) is 0. The van der Waals surface area contributed by atoms with Crippen molar-refractivity contribution in [2.45, 2.75) is 33.0 Å². The summed E-state index contributed by atoms with van der Waals surface area (Å²) in [5.41, 5.74) is 0. The molecule has 5 nitrogen and oxygen atoms in total. The minimum absolute atomic E-state index is 0.00334. The lowest BCUT2D eigenvalue weighted by Crippen LogP contribution is -2.48. The predicted molar refractivity (Wildman–Crippen MR) is 74.5 cm³/mol. The second-order valence-electron chi connectivity index (χ2n) is 4.81. The van der Waals surface area contributed by atoms with Crippen LogP contribution >= 0.6 is 11.3 Å². The van der Waals surface area contributed by atoms with Crippen LogP contribution < -0.4 is 5.32 Å². The highest BCUT2D eigenvalue weighted by Gasteiger charge is 2.27. The van der Waals surface area contributed by atoms with Crippen molar-refractivity contribution in [2.24, 2.45) is 0 Å². The van der Waals surface area contributed by atoms with Crippen LogP contribution in [0.5, 0.6) is 0 Å². The first-order valence-electron chi connectivity index (χ1n) is 6.28. The van der Waals surface area contributed by atoms with Gasteiger partial charge in [-0.15, -0.1) is 11.3 Å². The van der Waals surface area contributed by atoms with E-state index in [1.807, 2.05) is 18.7 Å². The molecule has 1 aliphatic rings. The van der Waals surface area contributed by atoms with E-state index in [-0.39, 0.29) is 24.0 Å². The number of carbonyl (C=O) groups excluding carboxylic acids is 2. The Morgan fingerprint density at radius 3 is 2.53 bits per heavy atom. The first-order valence-corrected chi connectivity index (χ1v) is 7.09. The Kier molecular flexibility index (Phi) is 4.21. The zero-order valence-electron chi connectivity index (χ0n) is 11.3. The van der Waals surface area contributed by atoms with Crippen LogP contribution in [0.25, 0.3) is 0 Å². The Balaban J connectivity index is 2.06. The van der Waals surface area contributed by atoms with Gasteiger partial charge < -0.3 is 15.0 Å². The summed E-state index contributed by atoms with van der Waals surface area (Å²) >= 11 is 1.30.